The number of aromatic nitrogens is 2. The Kier molecular flexibility index (Phi) is 3.61. The lowest BCUT2D eigenvalue weighted by molar-refractivity contribution is 0.114. The summed E-state index contributed by atoms with van der Waals surface area (Å²) in [5.74, 6) is 0.805. The third-order valence-electron chi connectivity index (χ3n) is 3.24. The monoisotopic (exact) mass is 271 g/mol. The number of halogens is 1. The molecule has 1 aromatic rings. The quantitative estimate of drug-likeness (QED) is 0.796. The van der Waals surface area contributed by atoms with Crippen LogP contribution in [0.5, 0.6) is 0 Å². The average molecular weight is 272 g/mol. The number of rotatable bonds is 2. The number of anilines is 2. The van der Waals surface area contributed by atoms with E-state index in [1.165, 1.54) is 0 Å². The van der Waals surface area contributed by atoms with E-state index in [4.69, 9.17) is 17.3 Å². The molecular formula is C11H18ClN5O. The number of hydrogen-bond acceptors (Lipinski definition) is 6. The predicted octanol–water partition coefficient (Wildman–Crippen LogP) is 0.132. The second kappa shape index (κ2) is 4.87. The maximum absolute atomic E-state index is 10.0. The Hall–Kier alpha value is -1.11. The highest BCUT2D eigenvalue weighted by molar-refractivity contribution is 6.33. The second-order valence-electron chi connectivity index (χ2n) is 4.81. The van der Waals surface area contributed by atoms with Crippen LogP contribution in [-0.2, 0) is 0 Å². The maximum Gasteiger partial charge on any atom is 0.222 e. The van der Waals surface area contributed by atoms with Crippen molar-refractivity contribution in [1.82, 2.24) is 14.9 Å². The van der Waals surface area contributed by atoms with Crippen LogP contribution in [0.2, 0.25) is 5.02 Å². The summed E-state index contributed by atoms with van der Waals surface area (Å²) in [6, 6.07) is 0.0672. The molecule has 1 aliphatic rings. The number of aliphatic hydroxyl groups excluding tert-OH is 1. The molecule has 1 saturated heterocycles. The zero-order valence-electron chi connectivity index (χ0n) is 10.8. The van der Waals surface area contributed by atoms with Crippen LogP contribution in [-0.4, -0.2) is 59.3 Å². The lowest BCUT2D eigenvalue weighted by atomic mass is 10.2. The molecule has 0 radical (unpaired) electrons. The summed E-state index contributed by atoms with van der Waals surface area (Å²) in [7, 11) is 3.89. The van der Waals surface area contributed by atoms with Gasteiger partial charge in [0.15, 0.2) is 5.82 Å². The Labute approximate surface area is 111 Å². The van der Waals surface area contributed by atoms with Gasteiger partial charge in [0.25, 0.3) is 0 Å². The summed E-state index contributed by atoms with van der Waals surface area (Å²) >= 11 is 6.20. The summed E-state index contributed by atoms with van der Waals surface area (Å²) in [5.41, 5.74) is 6.30. The van der Waals surface area contributed by atoms with Crippen molar-refractivity contribution in [3.63, 3.8) is 0 Å². The van der Waals surface area contributed by atoms with E-state index in [9.17, 15) is 5.11 Å². The molecule has 0 aromatic carbocycles. The summed E-state index contributed by atoms with van der Waals surface area (Å²) in [6.07, 6.45) is -0.424. The van der Waals surface area contributed by atoms with Gasteiger partial charge < -0.3 is 20.6 Å². The minimum Gasteiger partial charge on any atom is -0.390 e. The fraction of sp³-hybridized carbons (Fsp3) is 0.636. The van der Waals surface area contributed by atoms with Crippen LogP contribution in [0.15, 0.2) is 0 Å². The molecule has 0 amide bonds. The van der Waals surface area contributed by atoms with Crippen molar-refractivity contribution in [2.45, 2.75) is 19.1 Å². The van der Waals surface area contributed by atoms with Crippen molar-refractivity contribution in [2.24, 2.45) is 0 Å². The first kappa shape index (κ1) is 13.3. The standard InChI is InChI=1S/C11H18ClN5O/c1-6-9(12)10(15-11(13)14-6)17-4-7(16(2)3)8(18)5-17/h7-8,18H,4-5H2,1-3H3,(H2,13,14,15)/t7-,8-/m1/s1. The molecule has 2 atom stereocenters. The SMILES string of the molecule is Cc1nc(N)nc(N2C[C@@H](O)[C@H](N(C)C)C2)c1Cl. The van der Waals surface area contributed by atoms with Crippen molar-refractivity contribution >= 4 is 23.4 Å². The van der Waals surface area contributed by atoms with Gasteiger partial charge in [-0.25, -0.2) is 4.98 Å². The molecule has 0 bridgehead atoms. The summed E-state index contributed by atoms with van der Waals surface area (Å²) < 4.78 is 0. The van der Waals surface area contributed by atoms with Gasteiger partial charge in [-0.05, 0) is 21.0 Å². The molecule has 0 saturated carbocycles. The molecule has 1 aliphatic heterocycles. The molecule has 1 fully saturated rings. The number of nitrogens with zero attached hydrogens (tertiary/aromatic N) is 4. The Morgan fingerprint density at radius 2 is 2.06 bits per heavy atom. The number of hydrogen-bond donors (Lipinski definition) is 2. The van der Waals surface area contributed by atoms with Crippen LogP contribution in [0.1, 0.15) is 5.69 Å². The van der Waals surface area contributed by atoms with Crippen LogP contribution in [0, 0.1) is 6.92 Å². The Bertz CT molecular complexity index is 453. The lowest BCUT2D eigenvalue weighted by Crippen LogP contribution is -2.38. The van der Waals surface area contributed by atoms with Gasteiger partial charge >= 0.3 is 0 Å². The van der Waals surface area contributed by atoms with Gasteiger partial charge in [-0.1, -0.05) is 11.6 Å². The van der Waals surface area contributed by atoms with Gasteiger partial charge in [-0.2, -0.15) is 4.98 Å². The molecule has 3 N–H and O–H groups in total. The van der Waals surface area contributed by atoms with Gasteiger partial charge in [0.05, 0.1) is 17.8 Å². The first-order valence-corrected chi connectivity index (χ1v) is 6.17. The number of aliphatic hydroxyl groups is 1. The van der Waals surface area contributed by atoms with Crippen molar-refractivity contribution in [3.8, 4) is 0 Å². The number of likely N-dealkylation sites (N-methyl/N-ethyl adjacent to an activating group) is 1. The van der Waals surface area contributed by atoms with Crippen LogP contribution >= 0.6 is 11.6 Å². The van der Waals surface area contributed by atoms with E-state index in [-0.39, 0.29) is 12.0 Å². The molecular weight excluding hydrogens is 254 g/mol. The van der Waals surface area contributed by atoms with Crippen molar-refractivity contribution in [2.75, 3.05) is 37.8 Å². The van der Waals surface area contributed by atoms with E-state index in [0.29, 0.717) is 29.6 Å². The molecule has 7 heteroatoms. The van der Waals surface area contributed by atoms with Crippen LogP contribution in [0.25, 0.3) is 0 Å². The lowest BCUT2D eigenvalue weighted by Gasteiger charge is -2.22. The minimum absolute atomic E-state index is 0.0672. The Balaban J connectivity index is 2.29. The number of β-amino-alcohol motifs (C(OH)–C–C–N with tert-alkyl or cyclic N) is 1. The molecule has 6 nitrogen and oxygen atoms in total. The van der Waals surface area contributed by atoms with E-state index >= 15 is 0 Å². The van der Waals surface area contributed by atoms with Crippen LogP contribution in [0.4, 0.5) is 11.8 Å². The van der Waals surface area contributed by atoms with Gasteiger partial charge in [0.1, 0.15) is 5.02 Å². The number of nitrogens with two attached hydrogens (primary N) is 1. The topological polar surface area (TPSA) is 78.5 Å². The molecule has 18 heavy (non-hydrogen) atoms. The molecule has 2 heterocycles. The number of nitrogen functional groups attached to an aromatic ring is 1. The Morgan fingerprint density at radius 1 is 1.39 bits per heavy atom. The summed E-state index contributed by atoms with van der Waals surface area (Å²) in [5, 5.41) is 10.5. The molecule has 0 unspecified atom stereocenters. The van der Waals surface area contributed by atoms with Gasteiger partial charge in [-0.3, -0.25) is 0 Å². The maximum atomic E-state index is 10.0. The van der Waals surface area contributed by atoms with Crippen molar-refractivity contribution < 1.29 is 5.11 Å². The fourth-order valence-corrected chi connectivity index (χ4v) is 2.43. The largest absolute Gasteiger partial charge is 0.390 e. The van der Waals surface area contributed by atoms with Crippen LogP contribution in [0.3, 0.4) is 0 Å². The summed E-state index contributed by atoms with van der Waals surface area (Å²) in [6.45, 7) is 2.96. The fourth-order valence-electron chi connectivity index (χ4n) is 2.22. The van der Waals surface area contributed by atoms with E-state index < -0.39 is 6.10 Å². The smallest absolute Gasteiger partial charge is 0.222 e. The zero-order valence-corrected chi connectivity index (χ0v) is 11.5. The molecule has 0 aliphatic carbocycles. The summed E-state index contributed by atoms with van der Waals surface area (Å²) in [4.78, 5) is 12.1. The highest BCUT2D eigenvalue weighted by atomic mass is 35.5. The third-order valence-corrected chi connectivity index (χ3v) is 3.68. The average Bonchev–Trinajstić information content (AvgIpc) is 2.65. The first-order valence-electron chi connectivity index (χ1n) is 5.79. The van der Waals surface area contributed by atoms with Crippen molar-refractivity contribution in [3.05, 3.63) is 10.7 Å². The Morgan fingerprint density at radius 3 is 2.61 bits per heavy atom. The van der Waals surface area contributed by atoms with Gasteiger partial charge in [0.2, 0.25) is 5.95 Å². The van der Waals surface area contributed by atoms with Gasteiger partial charge in [-0.15, -0.1) is 0 Å². The molecule has 0 spiro atoms. The number of aryl methyl sites for hydroxylation is 1. The van der Waals surface area contributed by atoms with E-state index in [2.05, 4.69) is 9.97 Å². The zero-order chi connectivity index (χ0) is 13.4. The van der Waals surface area contributed by atoms with Crippen molar-refractivity contribution in [1.29, 1.82) is 0 Å². The third kappa shape index (κ3) is 2.36. The highest BCUT2D eigenvalue weighted by Gasteiger charge is 2.34. The second-order valence-corrected chi connectivity index (χ2v) is 5.19. The molecule has 2 rings (SSSR count). The normalized spacial score (nSPS) is 24.0. The van der Waals surface area contributed by atoms with E-state index in [1.54, 1.807) is 6.92 Å². The van der Waals surface area contributed by atoms with E-state index in [0.717, 1.165) is 0 Å². The van der Waals surface area contributed by atoms with E-state index in [1.807, 2.05) is 23.9 Å². The van der Waals surface area contributed by atoms with Gasteiger partial charge in [0, 0.05) is 13.1 Å². The minimum atomic E-state index is -0.424. The molecule has 100 valence electrons. The predicted molar refractivity (Wildman–Crippen MR) is 71.9 cm³/mol. The first-order chi connectivity index (χ1) is 8.40. The van der Waals surface area contributed by atoms with Crippen LogP contribution < -0.4 is 10.6 Å². The molecule has 1 aromatic heterocycles. The highest BCUT2D eigenvalue weighted by Crippen LogP contribution is 2.30.